The lowest BCUT2D eigenvalue weighted by molar-refractivity contribution is 0.288. The second-order valence-corrected chi connectivity index (χ2v) is 4.52. The highest BCUT2D eigenvalue weighted by atomic mass is 15.0. The molecule has 3 heteroatoms. The zero-order valence-electron chi connectivity index (χ0n) is 8.74. The van der Waals surface area contributed by atoms with E-state index in [4.69, 9.17) is 5.73 Å². The van der Waals surface area contributed by atoms with E-state index in [1.54, 1.807) is 0 Å². The van der Waals surface area contributed by atoms with Gasteiger partial charge in [-0.2, -0.15) is 0 Å². The molecule has 2 aliphatic rings. The molecule has 3 rings (SSSR count). The molecule has 3 unspecified atom stereocenters. The molecule has 1 aromatic rings. The van der Waals surface area contributed by atoms with Gasteiger partial charge < -0.3 is 16.4 Å². The highest BCUT2D eigenvalue weighted by Gasteiger charge is 2.35. The van der Waals surface area contributed by atoms with Crippen molar-refractivity contribution in [3.8, 4) is 0 Å². The van der Waals surface area contributed by atoms with Gasteiger partial charge in [0.15, 0.2) is 0 Å². The molecule has 15 heavy (non-hydrogen) atoms. The number of piperidine rings is 1. The standard InChI is InChI=1S/C12H17N3/c13-12-8-3-1-2-4-10(8)15-11-5-6-14-7-9(11)12/h1-4,9,11-12,14-15H,5-7,13H2. The molecule has 0 spiro atoms. The summed E-state index contributed by atoms with van der Waals surface area (Å²) in [6.45, 7) is 2.14. The van der Waals surface area contributed by atoms with E-state index in [0.29, 0.717) is 12.0 Å². The Morgan fingerprint density at radius 2 is 2.13 bits per heavy atom. The molecular weight excluding hydrogens is 186 g/mol. The Morgan fingerprint density at radius 3 is 3.07 bits per heavy atom. The molecule has 0 aliphatic carbocycles. The second-order valence-electron chi connectivity index (χ2n) is 4.52. The van der Waals surface area contributed by atoms with Crippen LogP contribution < -0.4 is 16.4 Å². The number of fused-ring (bicyclic) bond motifs is 2. The normalized spacial score (nSPS) is 33.8. The van der Waals surface area contributed by atoms with E-state index < -0.39 is 0 Å². The zero-order valence-corrected chi connectivity index (χ0v) is 8.74. The van der Waals surface area contributed by atoms with Gasteiger partial charge in [-0.25, -0.2) is 0 Å². The summed E-state index contributed by atoms with van der Waals surface area (Å²) < 4.78 is 0. The lowest BCUT2D eigenvalue weighted by atomic mass is 9.80. The van der Waals surface area contributed by atoms with E-state index in [1.165, 1.54) is 17.7 Å². The maximum atomic E-state index is 6.32. The first kappa shape index (κ1) is 9.19. The first-order valence-corrected chi connectivity index (χ1v) is 5.68. The van der Waals surface area contributed by atoms with Crippen molar-refractivity contribution in [2.75, 3.05) is 18.4 Å². The van der Waals surface area contributed by atoms with Crippen molar-refractivity contribution < 1.29 is 0 Å². The third-order valence-electron chi connectivity index (χ3n) is 3.65. The van der Waals surface area contributed by atoms with Crippen LogP contribution in [-0.2, 0) is 0 Å². The van der Waals surface area contributed by atoms with Crippen LogP contribution in [0.3, 0.4) is 0 Å². The van der Waals surface area contributed by atoms with Gasteiger partial charge in [0.1, 0.15) is 0 Å². The van der Waals surface area contributed by atoms with Crippen LogP contribution in [0, 0.1) is 5.92 Å². The Balaban J connectivity index is 1.98. The molecular formula is C12H17N3. The minimum Gasteiger partial charge on any atom is -0.382 e. The molecule has 1 aromatic carbocycles. The number of benzene rings is 1. The van der Waals surface area contributed by atoms with Gasteiger partial charge in [-0.3, -0.25) is 0 Å². The summed E-state index contributed by atoms with van der Waals surface area (Å²) in [6, 6.07) is 9.14. The summed E-state index contributed by atoms with van der Waals surface area (Å²) in [5.74, 6) is 0.536. The molecule has 3 atom stereocenters. The molecule has 0 amide bonds. The molecule has 4 N–H and O–H groups in total. The maximum absolute atomic E-state index is 6.32. The van der Waals surface area contributed by atoms with Crippen LogP contribution in [0.25, 0.3) is 0 Å². The Morgan fingerprint density at radius 1 is 1.27 bits per heavy atom. The van der Waals surface area contributed by atoms with Crippen molar-refractivity contribution in [1.29, 1.82) is 0 Å². The predicted molar refractivity (Wildman–Crippen MR) is 61.8 cm³/mol. The van der Waals surface area contributed by atoms with Crippen LogP contribution in [0.1, 0.15) is 18.0 Å². The van der Waals surface area contributed by atoms with E-state index in [9.17, 15) is 0 Å². The van der Waals surface area contributed by atoms with Gasteiger partial charge in [-0.1, -0.05) is 18.2 Å². The lowest BCUT2D eigenvalue weighted by Crippen LogP contribution is -2.51. The number of hydrogen-bond donors (Lipinski definition) is 3. The van der Waals surface area contributed by atoms with Gasteiger partial charge in [-0.15, -0.1) is 0 Å². The van der Waals surface area contributed by atoms with Crippen molar-refractivity contribution in [3.05, 3.63) is 29.8 Å². The summed E-state index contributed by atoms with van der Waals surface area (Å²) in [6.07, 6.45) is 1.17. The molecule has 0 aromatic heterocycles. The van der Waals surface area contributed by atoms with Crippen molar-refractivity contribution in [1.82, 2.24) is 5.32 Å². The Bertz CT molecular complexity index is 364. The molecule has 2 heterocycles. The van der Waals surface area contributed by atoms with E-state index >= 15 is 0 Å². The number of nitrogens with one attached hydrogen (secondary N) is 2. The Hall–Kier alpha value is -1.06. The fraction of sp³-hybridized carbons (Fsp3) is 0.500. The van der Waals surface area contributed by atoms with Crippen LogP contribution in [0.5, 0.6) is 0 Å². The fourth-order valence-electron chi connectivity index (χ4n) is 2.79. The van der Waals surface area contributed by atoms with Crippen LogP contribution in [-0.4, -0.2) is 19.1 Å². The van der Waals surface area contributed by atoms with Crippen molar-refractivity contribution >= 4 is 5.69 Å². The van der Waals surface area contributed by atoms with Crippen LogP contribution in [0.2, 0.25) is 0 Å². The van der Waals surface area contributed by atoms with Crippen LogP contribution in [0.15, 0.2) is 24.3 Å². The smallest absolute Gasteiger partial charge is 0.0391 e. The minimum absolute atomic E-state index is 0.181. The topological polar surface area (TPSA) is 50.1 Å². The predicted octanol–water partition coefficient (Wildman–Crippen LogP) is 1.09. The van der Waals surface area contributed by atoms with Gasteiger partial charge in [0.25, 0.3) is 0 Å². The molecule has 1 saturated heterocycles. The van der Waals surface area contributed by atoms with Gasteiger partial charge in [0.05, 0.1) is 0 Å². The molecule has 1 fully saturated rings. The fourth-order valence-corrected chi connectivity index (χ4v) is 2.79. The highest BCUT2D eigenvalue weighted by molar-refractivity contribution is 5.56. The third-order valence-corrected chi connectivity index (χ3v) is 3.65. The molecule has 3 nitrogen and oxygen atoms in total. The van der Waals surface area contributed by atoms with E-state index in [0.717, 1.165) is 13.1 Å². The van der Waals surface area contributed by atoms with Gasteiger partial charge >= 0.3 is 0 Å². The summed E-state index contributed by atoms with van der Waals surface area (Å²) in [5, 5.41) is 7.03. The molecule has 2 aliphatic heterocycles. The zero-order chi connectivity index (χ0) is 10.3. The second kappa shape index (κ2) is 3.51. The van der Waals surface area contributed by atoms with Crippen LogP contribution >= 0.6 is 0 Å². The summed E-state index contributed by atoms with van der Waals surface area (Å²) in [5.41, 5.74) is 8.82. The van der Waals surface area contributed by atoms with E-state index in [2.05, 4.69) is 34.9 Å². The van der Waals surface area contributed by atoms with E-state index in [1.807, 2.05) is 0 Å². The van der Waals surface area contributed by atoms with E-state index in [-0.39, 0.29) is 6.04 Å². The quantitative estimate of drug-likeness (QED) is 0.591. The molecule has 80 valence electrons. The number of nitrogens with two attached hydrogens (primary N) is 1. The largest absolute Gasteiger partial charge is 0.382 e. The first-order valence-electron chi connectivity index (χ1n) is 5.68. The van der Waals surface area contributed by atoms with Crippen LogP contribution in [0.4, 0.5) is 5.69 Å². The average Bonchev–Trinajstić information content (AvgIpc) is 2.30. The van der Waals surface area contributed by atoms with Gasteiger partial charge in [0, 0.05) is 30.2 Å². The minimum atomic E-state index is 0.181. The van der Waals surface area contributed by atoms with Crippen molar-refractivity contribution in [2.24, 2.45) is 11.7 Å². The number of hydrogen-bond acceptors (Lipinski definition) is 3. The number of rotatable bonds is 0. The molecule has 0 radical (unpaired) electrons. The SMILES string of the molecule is NC1c2ccccc2NC2CCNCC21. The van der Waals surface area contributed by atoms with Crippen molar-refractivity contribution in [3.63, 3.8) is 0 Å². The first-order chi connectivity index (χ1) is 7.36. The molecule has 0 bridgehead atoms. The summed E-state index contributed by atoms with van der Waals surface area (Å²) in [4.78, 5) is 0. The summed E-state index contributed by atoms with van der Waals surface area (Å²) >= 11 is 0. The average molecular weight is 203 g/mol. The third kappa shape index (κ3) is 1.43. The Kier molecular flexibility index (Phi) is 2.15. The van der Waals surface area contributed by atoms with Gasteiger partial charge in [-0.05, 0) is 24.6 Å². The Labute approximate surface area is 90.0 Å². The number of para-hydroxylation sites is 1. The summed E-state index contributed by atoms with van der Waals surface area (Å²) in [7, 11) is 0. The number of anilines is 1. The van der Waals surface area contributed by atoms with Crippen molar-refractivity contribution in [2.45, 2.75) is 18.5 Å². The van der Waals surface area contributed by atoms with Gasteiger partial charge in [0.2, 0.25) is 0 Å². The highest BCUT2D eigenvalue weighted by Crippen LogP contribution is 2.36. The lowest BCUT2D eigenvalue weighted by Gasteiger charge is -2.42. The maximum Gasteiger partial charge on any atom is 0.0391 e. The monoisotopic (exact) mass is 203 g/mol. The molecule has 0 saturated carbocycles.